The number of methoxy groups -OCH3 is 1. The van der Waals surface area contributed by atoms with Crippen LogP contribution in [0, 0.1) is 0 Å². The summed E-state index contributed by atoms with van der Waals surface area (Å²) < 4.78 is 6.20. The number of amides is 1. The van der Waals surface area contributed by atoms with Gasteiger partial charge in [0.05, 0.1) is 11.6 Å². The van der Waals surface area contributed by atoms with Crippen LogP contribution in [-0.4, -0.2) is 42.7 Å². The first-order valence-electron chi connectivity index (χ1n) is 6.07. The Labute approximate surface area is 120 Å². The molecule has 0 aromatic heterocycles. The van der Waals surface area contributed by atoms with Gasteiger partial charge in [0.2, 0.25) is 5.91 Å². The Balaban J connectivity index is 2.16. The molecule has 1 aliphatic heterocycles. The molecule has 0 unspecified atom stereocenters. The Kier molecular flexibility index (Phi) is 4.61. The third kappa shape index (κ3) is 3.16. The third-order valence-corrected chi connectivity index (χ3v) is 3.87. The van der Waals surface area contributed by atoms with Crippen molar-refractivity contribution in [2.45, 2.75) is 6.42 Å². The van der Waals surface area contributed by atoms with Crippen LogP contribution in [0.4, 0.5) is 0 Å². The maximum Gasteiger partial charge on any atom is 0.248 e. The van der Waals surface area contributed by atoms with Gasteiger partial charge in [-0.1, -0.05) is 12.1 Å². The van der Waals surface area contributed by atoms with E-state index in [4.69, 9.17) is 9.84 Å². The highest BCUT2D eigenvalue weighted by Gasteiger charge is 2.17. The van der Waals surface area contributed by atoms with Gasteiger partial charge in [0.15, 0.2) is 0 Å². The van der Waals surface area contributed by atoms with E-state index in [2.05, 4.69) is 15.9 Å². The largest absolute Gasteiger partial charge is 0.496 e. The second-order valence-corrected chi connectivity index (χ2v) is 5.18. The summed E-state index contributed by atoms with van der Waals surface area (Å²) >= 11 is 3.43. The van der Waals surface area contributed by atoms with Crippen LogP contribution >= 0.6 is 15.9 Å². The molecule has 1 heterocycles. The summed E-state index contributed by atoms with van der Waals surface area (Å²) in [4.78, 5) is 13.0. The Morgan fingerprint density at radius 1 is 1.53 bits per heavy atom. The van der Waals surface area contributed by atoms with Gasteiger partial charge in [-0.3, -0.25) is 4.79 Å². The maximum atomic E-state index is 11.4. The fourth-order valence-corrected chi connectivity index (χ4v) is 2.53. The van der Waals surface area contributed by atoms with Crippen molar-refractivity contribution >= 4 is 27.4 Å². The lowest BCUT2D eigenvalue weighted by Crippen LogP contribution is -2.36. The van der Waals surface area contributed by atoms with Crippen LogP contribution in [0.2, 0.25) is 0 Å². The predicted molar refractivity (Wildman–Crippen MR) is 77.0 cm³/mol. The molecular formula is C14H16BrNO3. The van der Waals surface area contributed by atoms with E-state index in [9.17, 15) is 4.79 Å². The summed E-state index contributed by atoms with van der Waals surface area (Å²) in [7, 11) is 1.64. The van der Waals surface area contributed by atoms with Gasteiger partial charge >= 0.3 is 0 Å². The van der Waals surface area contributed by atoms with Crippen molar-refractivity contribution in [3.8, 4) is 5.75 Å². The number of ether oxygens (including phenoxy) is 1. The van der Waals surface area contributed by atoms with Crippen LogP contribution in [0.5, 0.6) is 5.75 Å². The molecule has 0 atom stereocenters. The molecule has 1 aromatic rings. The highest BCUT2D eigenvalue weighted by molar-refractivity contribution is 9.10. The van der Waals surface area contributed by atoms with E-state index < -0.39 is 6.61 Å². The van der Waals surface area contributed by atoms with Crippen LogP contribution in [0.15, 0.2) is 28.7 Å². The number of rotatable bonds is 3. The summed E-state index contributed by atoms with van der Waals surface area (Å²) in [6.07, 6.45) is 2.82. The SMILES string of the molecule is COc1cc(C2=CCN(C(=O)CO)CC2)ccc1Br. The average molecular weight is 326 g/mol. The molecule has 5 heteroatoms. The van der Waals surface area contributed by atoms with Crippen molar-refractivity contribution in [2.24, 2.45) is 0 Å². The maximum absolute atomic E-state index is 11.4. The minimum absolute atomic E-state index is 0.219. The molecule has 1 aliphatic rings. The van der Waals surface area contributed by atoms with E-state index in [0.29, 0.717) is 13.1 Å². The minimum Gasteiger partial charge on any atom is -0.496 e. The zero-order chi connectivity index (χ0) is 13.8. The third-order valence-electron chi connectivity index (χ3n) is 3.22. The van der Waals surface area contributed by atoms with Crippen molar-refractivity contribution < 1.29 is 14.6 Å². The van der Waals surface area contributed by atoms with Gasteiger partial charge < -0.3 is 14.7 Å². The fourth-order valence-electron chi connectivity index (χ4n) is 2.12. The van der Waals surface area contributed by atoms with Crippen LogP contribution in [0.3, 0.4) is 0 Å². The minimum atomic E-state index is -0.421. The number of benzene rings is 1. The molecule has 4 nitrogen and oxygen atoms in total. The Morgan fingerprint density at radius 2 is 2.32 bits per heavy atom. The van der Waals surface area contributed by atoms with Gasteiger partial charge in [-0.2, -0.15) is 0 Å². The second kappa shape index (κ2) is 6.21. The van der Waals surface area contributed by atoms with E-state index in [1.54, 1.807) is 12.0 Å². The number of hydrogen-bond acceptors (Lipinski definition) is 3. The van der Waals surface area contributed by atoms with Crippen LogP contribution < -0.4 is 4.74 Å². The lowest BCUT2D eigenvalue weighted by atomic mass is 9.99. The highest BCUT2D eigenvalue weighted by atomic mass is 79.9. The molecule has 0 saturated heterocycles. The quantitative estimate of drug-likeness (QED) is 0.925. The number of halogens is 1. The molecule has 0 radical (unpaired) electrons. The van der Waals surface area contributed by atoms with E-state index in [1.165, 1.54) is 5.57 Å². The molecule has 0 bridgehead atoms. The van der Waals surface area contributed by atoms with Crippen molar-refractivity contribution in [1.29, 1.82) is 0 Å². The van der Waals surface area contributed by atoms with Gasteiger partial charge in [-0.15, -0.1) is 0 Å². The number of hydrogen-bond donors (Lipinski definition) is 1. The van der Waals surface area contributed by atoms with E-state index in [-0.39, 0.29) is 5.91 Å². The molecule has 0 fully saturated rings. The summed E-state index contributed by atoms with van der Waals surface area (Å²) in [6.45, 7) is 0.770. The van der Waals surface area contributed by atoms with E-state index in [1.807, 2.05) is 24.3 Å². The first kappa shape index (κ1) is 14.1. The van der Waals surface area contributed by atoms with Gasteiger partial charge in [-0.05, 0) is 45.6 Å². The summed E-state index contributed by atoms with van der Waals surface area (Å²) in [6, 6.07) is 5.97. The van der Waals surface area contributed by atoms with Gasteiger partial charge in [-0.25, -0.2) is 0 Å². The topological polar surface area (TPSA) is 49.8 Å². The lowest BCUT2D eigenvalue weighted by Gasteiger charge is -2.26. The summed E-state index contributed by atoms with van der Waals surface area (Å²) in [5, 5.41) is 8.84. The molecule has 1 N–H and O–H groups in total. The molecule has 2 rings (SSSR count). The second-order valence-electron chi connectivity index (χ2n) is 4.33. The van der Waals surface area contributed by atoms with E-state index >= 15 is 0 Å². The molecule has 102 valence electrons. The number of carbonyl (C=O) groups is 1. The molecule has 19 heavy (non-hydrogen) atoms. The molecule has 0 spiro atoms. The average Bonchev–Trinajstić information content (AvgIpc) is 2.47. The van der Waals surface area contributed by atoms with Gasteiger partial charge in [0.25, 0.3) is 0 Å². The fraction of sp³-hybridized carbons (Fsp3) is 0.357. The number of aliphatic hydroxyl groups excluding tert-OH is 1. The highest BCUT2D eigenvalue weighted by Crippen LogP contribution is 2.30. The number of aliphatic hydroxyl groups is 1. The van der Waals surface area contributed by atoms with Crippen LogP contribution in [0.1, 0.15) is 12.0 Å². The molecule has 1 amide bonds. The van der Waals surface area contributed by atoms with Crippen molar-refractivity contribution in [3.05, 3.63) is 34.3 Å². The Morgan fingerprint density at radius 3 is 2.89 bits per heavy atom. The zero-order valence-corrected chi connectivity index (χ0v) is 12.3. The Bertz CT molecular complexity index is 513. The summed E-state index contributed by atoms with van der Waals surface area (Å²) in [5.74, 6) is 0.580. The van der Waals surface area contributed by atoms with Crippen molar-refractivity contribution in [3.63, 3.8) is 0 Å². The first-order valence-corrected chi connectivity index (χ1v) is 6.86. The molecule has 1 aromatic carbocycles. The molecule has 0 aliphatic carbocycles. The normalized spacial score (nSPS) is 15.1. The predicted octanol–water partition coefficient (Wildman–Crippen LogP) is 2.07. The first-order chi connectivity index (χ1) is 9.15. The van der Waals surface area contributed by atoms with E-state index in [0.717, 1.165) is 22.2 Å². The molecular weight excluding hydrogens is 310 g/mol. The standard InChI is InChI=1S/C14H16BrNO3/c1-19-13-8-11(2-3-12(13)15)10-4-6-16(7-5-10)14(18)9-17/h2-4,8,17H,5-7,9H2,1H3. The zero-order valence-electron chi connectivity index (χ0n) is 10.7. The smallest absolute Gasteiger partial charge is 0.248 e. The van der Waals surface area contributed by atoms with Crippen molar-refractivity contribution in [2.75, 3.05) is 26.8 Å². The lowest BCUT2D eigenvalue weighted by molar-refractivity contribution is -0.133. The number of nitrogens with zero attached hydrogens (tertiary/aromatic N) is 1. The van der Waals surface area contributed by atoms with Gasteiger partial charge in [0.1, 0.15) is 12.4 Å². The van der Waals surface area contributed by atoms with Crippen LogP contribution in [-0.2, 0) is 4.79 Å². The van der Waals surface area contributed by atoms with Crippen LogP contribution in [0.25, 0.3) is 5.57 Å². The number of carbonyl (C=O) groups excluding carboxylic acids is 1. The monoisotopic (exact) mass is 325 g/mol. The molecule has 0 saturated carbocycles. The van der Waals surface area contributed by atoms with Gasteiger partial charge in [0, 0.05) is 13.1 Å². The Hall–Kier alpha value is -1.33. The van der Waals surface area contributed by atoms with Crippen molar-refractivity contribution in [1.82, 2.24) is 4.90 Å². The summed E-state index contributed by atoms with van der Waals surface area (Å²) in [5.41, 5.74) is 2.31.